The average Bonchev–Trinajstić information content (AvgIpc) is 2.35. The third-order valence-electron chi connectivity index (χ3n) is 2.78. The van der Waals surface area contributed by atoms with Crippen LogP contribution in [0.15, 0.2) is 12.0 Å². The fraction of sp³-hybridized carbons (Fsp3) is 0.692. The Morgan fingerprint density at radius 3 is 2.37 bits per heavy atom. The van der Waals surface area contributed by atoms with E-state index in [1.54, 1.807) is 0 Å². The molecule has 0 radical (unpaired) electrons. The molecule has 0 aromatic heterocycles. The highest BCUT2D eigenvalue weighted by molar-refractivity contribution is 7.94. The summed E-state index contributed by atoms with van der Waals surface area (Å²) in [6.07, 6.45) is 2.84. The summed E-state index contributed by atoms with van der Waals surface area (Å²) < 4.78 is 22.2. The lowest BCUT2D eigenvalue weighted by Crippen LogP contribution is -2.39. The third-order valence-corrected chi connectivity index (χ3v) is 4.14. The molecule has 0 spiro atoms. The van der Waals surface area contributed by atoms with Gasteiger partial charge in [0, 0.05) is 11.8 Å². The largest absolute Gasteiger partial charge is 0.346 e. The van der Waals surface area contributed by atoms with Gasteiger partial charge in [-0.25, -0.2) is 8.42 Å². The lowest BCUT2D eigenvalue weighted by Gasteiger charge is -2.15. The van der Waals surface area contributed by atoms with Crippen LogP contribution in [0, 0.1) is 5.92 Å². The van der Waals surface area contributed by atoms with Crippen LogP contribution in [0.5, 0.6) is 0 Å². The number of hydrogen-bond donors (Lipinski definition) is 1. The topological polar surface area (TPSA) is 80.3 Å². The van der Waals surface area contributed by atoms with Gasteiger partial charge in [-0.1, -0.05) is 26.8 Å². The Hall–Kier alpha value is -1.17. The van der Waals surface area contributed by atoms with Crippen molar-refractivity contribution in [3.8, 4) is 0 Å². The molecule has 0 aliphatic heterocycles. The van der Waals surface area contributed by atoms with Crippen molar-refractivity contribution in [2.24, 2.45) is 5.92 Å². The van der Waals surface area contributed by atoms with Gasteiger partial charge in [-0.05, 0) is 18.8 Å². The zero-order valence-corrected chi connectivity index (χ0v) is 12.4. The summed E-state index contributed by atoms with van der Waals surface area (Å²) in [5.41, 5.74) is 0. The third kappa shape index (κ3) is 8.53. The summed E-state index contributed by atoms with van der Waals surface area (Å²) in [6.45, 7) is 6.95. The van der Waals surface area contributed by atoms with Crippen LogP contribution in [-0.2, 0) is 19.4 Å². The Labute approximate surface area is 115 Å². The van der Waals surface area contributed by atoms with Gasteiger partial charge in [0.2, 0.25) is 5.91 Å². The predicted octanol–water partition coefficient (Wildman–Crippen LogP) is 1.44. The van der Waals surface area contributed by atoms with Crippen LogP contribution in [0.2, 0.25) is 0 Å². The standard InChI is InChI=1S/C13H23NO4S/c1-4-19(17,18)9-7-5-6-8-13(16)14-12(10-15)11(2)3/h4,10-12H,1,5-9H2,2-3H3,(H,14,16)/t12-/m1/s1. The summed E-state index contributed by atoms with van der Waals surface area (Å²) in [5, 5.41) is 3.60. The number of unbranched alkanes of at least 4 members (excludes halogenated alkanes) is 2. The van der Waals surface area contributed by atoms with Gasteiger partial charge in [-0.3, -0.25) is 4.79 Å². The number of hydrogen-bond acceptors (Lipinski definition) is 4. The molecule has 0 heterocycles. The molecule has 6 heteroatoms. The lowest BCUT2D eigenvalue weighted by molar-refractivity contribution is -0.124. The highest BCUT2D eigenvalue weighted by Crippen LogP contribution is 2.05. The molecule has 0 aliphatic rings. The minimum absolute atomic E-state index is 0.0687. The van der Waals surface area contributed by atoms with Crippen molar-refractivity contribution in [2.75, 3.05) is 5.75 Å². The number of carbonyl (C=O) groups is 2. The fourth-order valence-electron chi connectivity index (χ4n) is 1.46. The van der Waals surface area contributed by atoms with Gasteiger partial charge >= 0.3 is 0 Å². The first-order chi connectivity index (χ1) is 8.82. The quantitative estimate of drug-likeness (QED) is 0.487. The van der Waals surface area contributed by atoms with Crippen LogP contribution < -0.4 is 5.32 Å². The van der Waals surface area contributed by atoms with Crippen molar-refractivity contribution in [3.63, 3.8) is 0 Å². The van der Waals surface area contributed by atoms with E-state index in [0.717, 1.165) is 11.7 Å². The summed E-state index contributed by atoms with van der Waals surface area (Å²) in [6, 6.07) is -0.450. The minimum Gasteiger partial charge on any atom is -0.346 e. The van der Waals surface area contributed by atoms with Crippen molar-refractivity contribution in [1.82, 2.24) is 5.32 Å². The second-order valence-electron chi connectivity index (χ2n) is 4.82. The molecule has 110 valence electrons. The zero-order valence-electron chi connectivity index (χ0n) is 11.6. The molecule has 1 N–H and O–H groups in total. The highest BCUT2D eigenvalue weighted by Gasteiger charge is 2.14. The first-order valence-corrected chi connectivity index (χ1v) is 8.13. The molecule has 0 rings (SSSR count). The van der Waals surface area contributed by atoms with E-state index < -0.39 is 15.9 Å². The first-order valence-electron chi connectivity index (χ1n) is 6.42. The summed E-state index contributed by atoms with van der Waals surface area (Å²) in [5.74, 6) is -0.0299. The molecular formula is C13H23NO4S. The van der Waals surface area contributed by atoms with Crippen molar-refractivity contribution < 1.29 is 18.0 Å². The number of sulfone groups is 1. The molecule has 1 amide bonds. The maximum atomic E-state index is 11.5. The molecule has 0 fully saturated rings. The number of aldehydes is 1. The molecule has 5 nitrogen and oxygen atoms in total. The maximum Gasteiger partial charge on any atom is 0.220 e. The number of rotatable bonds is 10. The normalized spacial score (nSPS) is 13.0. The van der Waals surface area contributed by atoms with Gasteiger partial charge < -0.3 is 10.1 Å². The average molecular weight is 289 g/mol. The summed E-state index contributed by atoms with van der Waals surface area (Å²) in [7, 11) is -3.14. The molecule has 0 saturated carbocycles. The minimum atomic E-state index is -3.14. The molecule has 0 unspecified atom stereocenters. The van der Waals surface area contributed by atoms with Crippen LogP contribution >= 0.6 is 0 Å². The van der Waals surface area contributed by atoms with Gasteiger partial charge in [-0.15, -0.1) is 0 Å². The van der Waals surface area contributed by atoms with E-state index in [1.165, 1.54) is 0 Å². The zero-order chi connectivity index (χ0) is 14.9. The Kier molecular flexibility index (Phi) is 8.30. The van der Waals surface area contributed by atoms with E-state index in [9.17, 15) is 18.0 Å². The molecule has 0 saturated heterocycles. The Bertz CT molecular complexity index is 401. The van der Waals surface area contributed by atoms with Crippen LogP contribution in [0.1, 0.15) is 39.5 Å². The van der Waals surface area contributed by atoms with Gasteiger partial charge in [-0.2, -0.15) is 0 Å². The van der Waals surface area contributed by atoms with Gasteiger partial charge in [0.15, 0.2) is 9.84 Å². The summed E-state index contributed by atoms with van der Waals surface area (Å²) >= 11 is 0. The van der Waals surface area contributed by atoms with Crippen LogP contribution in [0.4, 0.5) is 0 Å². The lowest BCUT2D eigenvalue weighted by atomic mass is 10.1. The van der Waals surface area contributed by atoms with Crippen molar-refractivity contribution in [2.45, 2.75) is 45.6 Å². The number of amides is 1. The van der Waals surface area contributed by atoms with E-state index >= 15 is 0 Å². The van der Waals surface area contributed by atoms with Gasteiger partial charge in [0.05, 0.1) is 11.8 Å². The summed E-state index contributed by atoms with van der Waals surface area (Å²) in [4.78, 5) is 22.2. The molecular weight excluding hydrogens is 266 g/mol. The van der Waals surface area contributed by atoms with Gasteiger partial charge in [0.25, 0.3) is 0 Å². The molecule has 0 aromatic rings. The van der Waals surface area contributed by atoms with E-state index in [4.69, 9.17) is 0 Å². The van der Waals surface area contributed by atoms with Crippen molar-refractivity contribution >= 4 is 22.0 Å². The van der Waals surface area contributed by atoms with Crippen LogP contribution in [0.25, 0.3) is 0 Å². The van der Waals surface area contributed by atoms with Crippen molar-refractivity contribution in [1.29, 1.82) is 0 Å². The molecule has 0 aliphatic carbocycles. The van der Waals surface area contributed by atoms with E-state index in [1.807, 2.05) is 13.8 Å². The fourth-order valence-corrected chi connectivity index (χ4v) is 2.24. The van der Waals surface area contributed by atoms with Crippen molar-refractivity contribution in [3.05, 3.63) is 12.0 Å². The Balaban J connectivity index is 3.81. The van der Waals surface area contributed by atoms with Gasteiger partial charge in [0.1, 0.15) is 6.29 Å². The second kappa shape index (κ2) is 8.85. The SMILES string of the molecule is C=CS(=O)(=O)CCCCCC(=O)N[C@H](C=O)C(C)C. The van der Waals surface area contributed by atoms with E-state index in [0.29, 0.717) is 25.7 Å². The maximum absolute atomic E-state index is 11.5. The first kappa shape index (κ1) is 17.8. The molecule has 0 aromatic carbocycles. The predicted molar refractivity (Wildman–Crippen MR) is 75.3 cm³/mol. The Morgan fingerprint density at radius 1 is 1.26 bits per heavy atom. The van der Waals surface area contributed by atoms with Crippen LogP contribution in [-0.4, -0.2) is 32.4 Å². The smallest absolute Gasteiger partial charge is 0.220 e. The highest BCUT2D eigenvalue weighted by atomic mass is 32.2. The Morgan fingerprint density at radius 2 is 1.89 bits per heavy atom. The molecule has 1 atom stereocenters. The van der Waals surface area contributed by atoms with E-state index in [2.05, 4.69) is 11.9 Å². The number of carbonyl (C=O) groups excluding carboxylic acids is 2. The second-order valence-corrected chi connectivity index (χ2v) is 6.89. The molecule has 0 bridgehead atoms. The monoisotopic (exact) mass is 289 g/mol. The van der Waals surface area contributed by atoms with Crippen LogP contribution in [0.3, 0.4) is 0 Å². The van der Waals surface area contributed by atoms with E-state index in [-0.39, 0.29) is 17.6 Å². The number of nitrogens with one attached hydrogen (secondary N) is 1. The molecule has 19 heavy (non-hydrogen) atoms.